The van der Waals surface area contributed by atoms with E-state index < -0.39 is 0 Å². The Labute approximate surface area is 108 Å². The molecule has 4 fully saturated rings. The SMILES string of the molecule is CC1CCC2C(C)C(=O)OC23C1CCC1(C)OC13. The van der Waals surface area contributed by atoms with Crippen molar-refractivity contribution in [2.24, 2.45) is 23.7 Å². The van der Waals surface area contributed by atoms with Crippen molar-refractivity contribution in [3.8, 4) is 0 Å². The summed E-state index contributed by atoms with van der Waals surface area (Å²) in [5.41, 5.74) is -0.280. The molecule has 2 aliphatic heterocycles. The van der Waals surface area contributed by atoms with Gasteiger partial charge >= 0.3 is 5.97 Å². The fraction of sp³-hybridized carbons (Fsp3) is 0.933. The fourth-order valence-corrected chi connectivity index (χ4v) is 5.20. The Hall–Kier alpha value is -0.570. The van der Waals surface area contributed by atoms with Crippen LogP contribution >= 0.6 is 0 Å². The fourth-order valence-electron chi connectivity index (χ4n) is 5.20. The van der Waals surface area contributed by atoms with Crippen LogP contribution in [0.5, 0.6) is 0 Å². The van der Waals surface area contributed by atoms with Crippen LogP contribution in [0.2, 0.25) is 0 Å². The summed E-state index contributed by atoms with van der Waals surface area (Å²) in [5, 5.41) is 0. The topological polar surface area (TPSA) is 38.8 Å². The summed E-state index contributed by atoms with van der Waals surface area (Å²) >= 11 is 0. The maximum absolute atomic E-state index is 12.1. The highest BCUT2D eigenvalue weighted by molar-refractivity contribution is 5.76. The van der Waals surface area contributed by atoms with Crippen molar-refractivity contribution in [1.29, 1.82) is 0 Å². The van der Waals surface area contributed by atoms with Gasteiger partial charge in [-0.2, -0.15) is 0 Å². The molecule has 0 N–H and O–H groups in total. The molecule has 18 heavy (non-hydrogen) atoms. The van der Waals surface area contributed by atoms with Crippen LogP contribution in [0.25, 0.3) is 0 Å². The van der Waals surface area contributed by atoms with Crippen LogP contribution in [-0.2, 0) is 14.3 Å². The van der Waals surface area contributed by atoms with E-state index >= 15 is 0 Å². The molecule has 4 aliphatic rings. The largest absolute Gasteiger partial charge is 0.455 e. The van der Waals surface area contributed by atoms with Gasteiger partial charge in [-0.3, -0.25) is 4.79 Å². The second-order valence-electron chi connectivity index (χ2n) is 7.18. The zero-order chi connectivity index (χ0) is 12.7. The highest BCUT2D eigenvalue weighted by Crippen LogP contribution is 2.66. The molecule has 2 aliphatic carbocycles. The zero-order valence-corrected chi connectivity index (χ0v) is 11.4. The average molecular weight is 250 g/mol. The first-order valence-electron chi connectivity index (χ1n) is 7.40. The number of ether oxygens (including phenoxy) is 2. The van der Waals surface area contributed by atoms with E-state index in [4.69, 9.17) is 9.47 Å². The lowest BCUT2D eigenvalue weighted by molar-refractivity contribution is -0.168. The third-order valence-electron chi connectivity index (χ3n) is 6.28. The molecule has 0 aromatic heterocycles. The molecule has 0 bridgehead atoms. The average Bonchev–Trinajstić information content (AvgIpc) is 2.95. The van der Waals surface area contributed by atoms with Crippen LogP contribution < -0.4 is 0 Å². The molecule has 3 nitrogen and oxygen atoms in total. The molecular weight excluding hydrogens is 228 g/mol. The number of epoxide rings is 1. The lowest BCUT2D eigenvalue weighted by atomic mass is 9.55. The summed E-state index contributed by atoms with van der Waals surface area (Å²) in [6.07, 6.45) is 4.82. The molecule has 7 atom stereocenters. The molecule has 7 unspecified atom stereocenters. The summed E-state index contributed by atoms with van der Waals surface area (Å²) in [6.45, 7) is 6.56. The lowest BCUT2D eigenvalue weighted by Gasteiger charge is -2.49. The van der Waals surface area contributed by atoms with E-state index in [-0.39, 0.29) is 29.2 Å². The highest BCUT2D eigenvalue weighted by atomic mass is 16.7. The van der Waals surface area contributed by atoms with E-state index in [0.717, 1.165) is 19.3 Å². The standard InChI is InChI=1S/C15H22O3/c1-8-4-5-11-9(2)12(16)17-15(11)10(8)6-7-14(3)13(15)18-14/h8-11,13H,4-7H2,1-3H3. The molecule has 100 valence electrons. The van der Waals surface area contributed by atoms with Crippen molar-refractivity contribution in [1.82, 2.24) is 0 Å². The van der Waals surface area contributed by atoms with Gasteiger partial charge in [0, 0.05) is 11.8 Å². The monoisotopic (exact) mass is 250 g/mol. The van der Waals surface area contributed by atoms with Gasteiger partial charge in [0.2, 0.25) is 0 Å². The first kappa shape index (κ1) is 11.3. The molecule has 1 spiro atoms. The Bertz CT molecular complexity index is 420. The van der Waals surface area contributed by atoms with Crippen molar-refractivity contribution in [3.63, 3.8) is 0 Å². The molecule has 0 aromatic rings. The third kappa shape index (κ3) is 1.08. The molecule has 0 amide bonds. The molecule has 2 saturated heterocycles. The summed E-state index contributed by atoms with van der Waals surface area (Å²) in [7, 11) is 0. The summed E-state index contributed by atoms with van der Waals surface area (Å²) in [6, 6.07) is 0. The number of hydrogen-bond donors (Lipinski definition) is 0. The van der Waals surface area contributed by atoms with E-state index in [2.05, 4.69) is 13.8 Å². The number of fused-ring (bicyclic) bond motifs is 1. The van der Waals surface area contributed by atoms with E-state index in [9.17, 15) is 4.79 Å². The van der Waals surface area contributed by atoms with Gasteiger partial charge in [0.05, 0.1) is 11.5 Å². The molecule has 0 aromatic carbocycles. The minimum atomic E-state index is -0.277. The predicted molar refractivity (Wildman–Crippen MR) is 65.9 cm³/mol. The second-order valence-corrected chi connectivity index (χ2v) is 7.18. The van der Waals surface area contributed by atoms with Crippen LogP contribution in [0, 0.1) is 23.7 Å². The number of hydrogen-bond acceptors (Lipinski definition) is 3. The van der Waals surface area contributed by atoms with Crippen LogP contribution in [0.3, 0.4) is 0 Å². The van der Waals surface area contributed by atoms with Crippen molar-refractivity contribution >= 4 is 5.97 Å². The minimum absolute atomic E-state index is 0.00382. The quantitative estimate of drug-likeness (QED) is 0.490. The Morgan fingerprint density at radius 1 is 1.17 bits per heavy atom. The smallest absolute Gasteiger partial charge is 0.309 e. The van der Waals surface area contributed by atoms with Crippen molar-refractivity contribution in [2.45, 2.75) is 63.8 Å². The molecule has 2 saturated carbocycles. The second kappa shape index (κ2) is 3.12. The normalized spacial score (nSPS) is 61.5. The summed E-state index contributed by atoms with van der Waals surface area (Å²) in [4.78, 5) is 12.1. The highest BCUT2D eigenvalue weighted by Gasteiger charge is 2.76. The predicted octanol–water partition coefficient (Wildman–Crippen LogP) is 2.53. The van der Waals surface area contributed by atoms with Crippen molar-refractivity contribution in [3.05, 3.63) is 0 Å². The minimum Gasteiger partial charge on any atom is -0.455 e. The Morgan fingerprint density at radius 2 is 1.94 bits per heavy atom. The van der Waals surface area contributed by atoms with Crippen LogP contribution in [-0.4, -0.2) is 23.3 Å². The number of esters is 1. The van der Waals surface area contributed by atoms with Gasteiger partial charge in [0.15, 0.2) is 0 Å². The maximum Gasteiger partial charge on any atom is 0.309 e. The summed E-state index contributed by atoms with van der Waals surface area (Å²) in [5.74, 6) is 1.64. The molecule has 4 rings (SSSR count). The van der Waals surface area contributed by atoms with E-state index in [1.807, 2.05) is 6.92 Å². The van der Waals surface area contributed by atoms with E-state index in [0.29, 0.717) is 17.8 Å². The van der Waals surface area contributed by atoms with Gasteiger partial charge in [-0.25, -0.2) is 0 Å². The van der Waals surface area contributed by atoms with Gasteiger partial charge < -0.3 is 9.47 Å². The lowest BCUT2D eigenvalue weighted by Crippen LogP contribution is -2.58. The van der Waals surface area contributed by atoms with Crippen molar-refractivity contribution in [2.75, 3.05) is 0 Å². The molecular formula is C15H22O3. The molecule has 2 heterocycles. The Morgan fingerprint density at radius 3 is 2.72 bits per heavy atom. The molecule has 3 heteroatoms. The third-order valence-corrected chi connectivity index (χ3v) is 6.28. The number of carbonyl (C=O) groups is 1. The van der Waals surface area contributed by atoms with Gasteiger partial charge in [-0.15, -0.1) is 0 Å². The van der Waals surface area contributed by atoms with Crippen molar-refractivity contribution < 1.29 is 14.3 Å². The Kier molecular flexibility index (Phi) is 1.95. The zero-order valence-electron chi connectivity index (χ0n) is 11.4. The van der Waals surface area contributed by atoms with Gasteiger partial charge in [-0.1, -0.05) is 13.8 Å². The van der Waals surface area contributed by atoms with Gasteiger partial charge in [0.25, 0.3) is 0 Å². The summed E-state index contributed by atoms with van der Waals surface area (Å²) < 4.78 is 12.0. The van der Waals surface area contributed by atoms with E-state index in [1.54, 1.807) is 0 Å². The van der Waals surface area contributed by atoms with Crippen LogP contribution in [0.4, 0.5) is 0 Å². The molecule has 0 radical (unpaired) electrons. The first-order chi connectivity index (χ1) is 8.49. The van der Waals surface area contributed by atoms with Crippen LogP contribution in [0.15, 0.2) is 0 Å². The number of carbonyl (C=O) groups excluding carboxylic acids is 1. The van der Waals surface area contributed by atoms with E-state index in [1.165, 1.54) is 6.42 Å². The first-order valence-corrected chi connectivity index (χ1v) is 7.40. The Balaban J connectivity index is 1.81. The van der Waals surface area contributed by atoms with Gasteiger partial charge in [-0.05, 0) is 38.5 Å². The van der Waals surface area contributed by atoms with Gasteiger partial charge in [0.1, 0.15) is 11.7 Å². The maximum atomic E-state index is 12.1. The van der Waals surface area contributed by atoms with Crippen LogP contribution in [0.1, 0.15) is 46.5 Å². The number of rotatable bonds is 0.